The summed E-state index contributed by atoms with van der Waals surface area (Å²) in [5.74, 6) is -2.14. The Morgan fingerprint density at radius 3 is 1.31 bits per heavy atom. The number of carbonyl (C=O) groups is 3. The lowest BCUT2D eigenvalue weighted by Gasteiger charge is -2.48. The molecule has 29 nitrogen and oxygen atoms in total. The van der Waals surface area contributed by atoms with Gasteiger partial charge < -0.3 is 130 Å². The van der Waals surface area contributed by atoms with Crippen LogP contribution < -0.4 is 16.0 Å². The molecule has 5 heterocycles. The van der Waals surface area contributed by atoms with Crippen LogP contribution in [0, 0.1) is 0 Å². The van der Waals surface area contributed by atoms with Crippen LogP contribution in [0.2, 0.25) is 0 Å². The summed E-state index contributed by atoms with van der Waals surface area (Å²) in [4.78, 5) is 35.9. The van der Waals surface area contributed by atoms with Gasteiger partial charge in [0.05, 0.1) is 33.0 Å². The van der Waals surface area contributed by atoms with Crippen LogP contribution in [0.15, 0.2) is 0 Å². The molecule has 0 aliphatic carbocycles. The van der Waals surface area contributed by atoms with Crippen molar-refractivity contribution in [3.05, 3.63) is 0 Å². The summed E-state index contributed by atoms with van der Waals surface area (Å²) in [7, 11) is 0. The molecule has 0 radical (unpaired) electrons. The van der Waals surface area contributed by atoms with E-state index in [1.165, 1.54) is 0 Å². The maximum atomic E-state index is 12.1. The first-order valence-corrected chi connectivity index (χ1v) is 20.6. The normalized spacial score (nSPS) is 47.1. The Kier molecular flexibility index (Phi) is 19.1. The number of amides is 3. The van der Waals surface area contributed by atoms with Crippen molar-refractivity contribution in [1.82, 2.24) is 16.0 Å². The average molecular weight is 952 g/mol. The third-order valence-electron chi connectivity index (χ3n) is 11.5. The van der Waals surface area contributed by atoms with Crippen LogP contribution >= 0.6 is 0 Å². The minimum absolute atomic E-state index is 0.691. The lowest BCUT2D eigenvalue weighted by atomic mass is 9.95. The molecule has 3 amide bonds. The van der Waals surface area contributed by atoms with E-state index in [9.17, 15) is 85.9 Å². The monoisotopic (exact) mass is 951 g/mol. The van der Waals surface area contributed by atoms with Crippen molar-refractivity contribution >= 4 is 17.7 Å². The number of carbonyl (C=O) groups excluding carboxylic acids is 3. The summed E-state index contributed by atoms with van der Waals surface area (Å²) < 4.78 is 51.4. The third-order valence-corrected chi connectivity index (χ3v) is 11.5. The van der Waals surface area contributed by atoms with Gasteiger partial charge in [-0.2, -0.15) is 0 Å². The molecule has 25 atom stereocenters. The molecule has 5 rings (SSSR count). The van der Waals surface area contributed by atoms with Crippen LogP contribution in [0.5, 0.6) is 0 Å². The first-order chi connectivity index (χ1) is 30.6. The highest BCUT2D eigenvalue weighted by Crippen LogP contribution is 2.33. The second-order valence-corrected chi connectivity index (χ2v) is 16.2. The molecule has 5 fully saturated rings. The smallest absolute Gasteiger partial charge is 0.217 e. The summed E-state index contributed by atoms with van der Waals surface area (Å²) in [6.07, 6.45) is -39.8. The molecule has 29 heteroatoms. The van der Waals surface area contributed by atoms with Crippen LogP contribution in [0.4, 0.5) is 0 Å². The van der Waals surface area contributed by atoms with Crippen LogP contribution in [-0.2, 0) is 57.0 Å². The van der Waals surface area contributed by atoms with Crippen molar-refractivity contribution in [3.8, 4) is 0 Å². The van der Waals surface area contributed by atoms with Gasteiger partial charge in [0.2, 0.25) is 17.7 Å². The number of nitrogens with one attached hydrogen (secondary N) is 3. The molecule has 17 N–H and O–H groups in total. The molecule has 376 valence electrons. The zero-order valence-corrected chi connectivity index (χ0v) is 35.1. The number of rotatable bonds is 16. The summed E-state index contributed by atoms with van der Waals surface area (Å²) in [5.41, 5.74) is 0. The van der Waals surface area contributed by atoms with Crippen molar-refractivity contribution < 1.29 is 129 Å². The Hall–Kier alpha value is -2.51. The Bertz CT molecular complexity index is 1560. The van der Waals surface area contributed by atoms with Gasteiger partial charge in [0.25, 0.3) is 0 Å². The van der Waals surface area contributed by atoms with E-state index in [0.29, 0.717) is 0 Å². The molecule has 0 unspecified atom stereocenters. The third kappa shape index (κ3) is 12.2. The van der Waals surface area contributed by atoms with Crippen molar-refractivity contribution in [2.24, 2.45) is 0 Å². The van der Waals surface area contributed by atoms with E-state index in [1.807, 2.05) is 0 Å². The second kappa shape index (κ2) is 23.2. The van der Waals surface area contributed by atoms with E-state index in [4.69, 9.17) is 42.6 Å². The molecule has 0 aromatic carbocycles. The highest BCUT2D eigenvalue weighted by atomic mass is 16.8. The molecule has 0 aromatic rings. The lowest BCUT2D eigenvalue weighted by molar-refractivity contribution is -0.372. The summed E-state index contributed by atoms with van der Waals surface area (Å²) >= 11 is 0. The standard InChI is InChI=1S/C36H61N3O26/c1-9(43)37-17-26(52)30(14(6-42)59-32(17)56)64-35-29(55)27(53)22(48)15(62-35)8-58-36-31(65-34-19(39-11(3)45)25(51)21(47)13(5-41)61-34)28(54)23(49)16(63-36)7-57-33-18(38-10(2)44)24(50)20(46)12(4-40)60-33/h12-36,40-42,46-56H,4-8H2,1-3H3,(H,37,43)(H,38,44)(H,39,45)/t12-,13-,14-,15-,16-,17-,18-,19-,20-,21-,22-,23-,24-,25-,26-,27+,28+,29+,30-,31+,32-,33-,34+,35+,36-/m1/s1. The highest BCUT2D eigenvalue weighted by Gasteiger charge is 2.55. The Balaban J connectivity index is 1.40. The van der Waals surface area contributed by atoms with Crippen molar-refractivity contribution in [2.45, 2.75) is 174 Å². The number of aliphatic hydroxyl groups excluding tert-OH is 14. The van der Waals surface area contributed by atoms with Crippen LogP contribution in [0.25, 0.3) is 0 Å². The van der Waals surface area contributed by atoms with E-state index in [2.05, 4.69) is 16.0 Å². The Labute approximate surface area is 369 Å². The fourth-order valence-corrected chi connectivity index (χ4v) is 8.02. The van der Waals surface area contributed by atoms with E-state index >= 15 is 0 Å². The van der Waals surface area contributed by atoms with E-state index in [1.54, 1.807) is 0 Å². The van der Waals surface area contributed by atoms with Crippen LogP contribution in [-0.4, -0.2) is 276 Å². The maximum Gasteiger partial charge on any atom is 0.217 e. The van der Waals surface area contributed by atoms with Crippen LogP contribution in [0.3, 0.4) is 0 Å². The van der Waals surface area contributed by atoms with Crippen LogP contribution in [0.1, 0.15) is 20.8 Å². The quantitative estimate of drug-likeness (QED) is 0.0683. The summed E-state index contributed by atoms with van der Waals surface area (Å²) in [5, 5.41) is 156. The molecule has 0 aromatic heterocycles. The van der Waals surface area contributed by atoms with Gasteiger partial charge in [-0.05, 0) is 0 Å². The van der Waals surface area contributed by atoms with Gasteiger partial charge >= 0.3 is 0 Å². The van der Waals surface area contributed by atoms with Gasteiger partial charge in [0.1, 0.15) is 122 Å². The predicted molar refractivity (Wildman–Crippen MR) is 201 cm³/mol. The molecule has 5 aliphatic rings. The van der Waals surface area contributed by atoms with E-state index in [0.717, 1.165) is 20.8 Å². The molecule has 5 aliphatic heterocycles. The highest BCUT2D eigenvalue weighted by molar-refractivity contribution is 5.74. The molecular weight excluding hydrogens is 890 g/mol. The fourth-order valence-electron chi connectivity index (χ4n) is 8.02. The summed E-state index contributed by atoms with van der Waals surface area (Å²) in [6, 6.07) is -4.57. The number of hydrogen-bond acceptors (Lipinski definition) is 26. The minimum Gasteiger partial charge on any atom is -0.394 e. The zero-order chi connectivity index (χ0) is 48.2. The maximum absolute atomic E-state index is 12.1. The molecule has 5 saturated heterocycles. The first kappa shape index (κ1) is 53.4. The lowest BCUT2D eigenvalue weighted by Crippen LogP contribution is -2.68. The fraction of sp³-hybridized carbons (Fsp3) is 0.917. The minimum atomic E-state index is -2.10. The van der Waals surface area contributed by atoms with Crippen molar-refractivity contribution in [1.29, 1.82) is 0 Å². The Morgan fingerprint density at radius 1 is 0.400 bits per heavy atom. The van der Waals surface area contributed by atoms with E-state index < -0.39 is 204 Å². The van der Waals surface area contributed by atoms with Gasteiger partial charge in [0.15, 0.2) is 31.5 Å². The number of hydrogen-bond donors (Lipinski definition) is 17. The molecule has 0 bridgehead atoms. The Morgan fingerprint density at radius 2 is 0.800 bits per heavy atom. The van der Waals surface area contributed by atoms with Gasteiger partial charge in [-0.25, -0.2) is 0 Å². The predicted octanol–water partition coefficient (Wildman–Crippen LogP) is -11.5. The molecule has 0 spiro atoms. The van der Waals surface area contributed by atoms with Gasteiger partial charge in [-0.15, -0.1) is 0 Å². The topological polar surface area (TPSA) is 454 Å². The SMILES string of the molecule is CC(=O)N[C@@H]1[C@@H](O)[C@H](O[C@@H]2O[C@H](CO[C@@H]3O[C@H](CO[C@@H]4O[C@H](CO)[C@@H](O)[C@H](O)[C@H]4NC(C)=O)[C@@H](O)[C@H](O)[C@@H]3O[C@@H]3O[C@H](CO)[C@@H](O)[C@H](O)[C@H]3NC(C)=O)[C@@H](O)[C@H](O)[C@@H]2O)[C@@H](CO)O[C@H]1O. The van der Waals surface area contributed by atoms with Gasteiger partial charge in [-0.1, -0.05) is 0 Å². The molecule has 65 heavy (non-hydrogen) atoms. The molecular formula is C36H61N3O26. The largest absolute Gasteiger partial charge is 0.394 e. The zero-order valence-electron chi connectivity index (χ0n) is 35.1. The number of aliphatic hydroxyl groups is 14. The summed E-state index contributed by atoms with van der Waals surface area (Å²) in [6.45, 7) is -1.00. The number of ether oxygens (including phenoxy) is 9. The molecule has 0 saturated carbocycles. The second-order valence-electron chi connectivity index (χ2n) is 16.2. The van der Waals surface area contributed by atoms with Gasteiger partial charge in [-0.3, -0.25) is 14.4 Å². The average Bonchev–Trinajstić information content (AvgIpc) is 3.25. The van der Waals surface area contributed by atoms with E-state index in [-0.39, 0.29) is 0 Å². The first-order valence-electron chi connectivity index (χ1n) is 20.6. The van der Waals surface area contributed by atoms with Gasteiger partial charge in [0, 0.05) is 20.8 Å². The van der Waals surface area contributed by atoms with Crippen molar-refractivity contribution in [2.75, 3.05) is 33.0 Å². The van der Waals surface area contributed by atoms with Crippen molar-refractivity contribution in [3.63, 3.8) is 0 Å².